The van der Waals surface area contributed by atoms with Crippen molar-refractivity contribution in [2.75, 3.05) is 0 Å². The average molecular weight is 237 g/mol. The average Bonchev–Trinajstić information content (AvgIpc) is 2.76. The SMILES string of the molecule is NCc1nncn1CCc1ccc(Cl)cc1. The lowest BCUT2D eigenvalue weighted by atomic mass is 10.1. The monoisotopic (exact) mass is 236 g/mol. The molecule has 0 atom stereocenters. The lowest BCUT2D eigenvalue weighted by Crippen LogP contribution is -2.09. The van der Waals surface area contributed by atoms with E-state index in [1.54, 1.807) is 6.33 Å². The zero-order valence-corrected chi connectivity index (χ0v) is 9.56. The van der Waals surface area contributed by atoms with Crippen LogP contribution in [0.25, 0.3) is 0 Å². The van der Waals surface area contributed by atoms with Crippen molar-refractivity contribution >= 4 is 11.6 Å². The molecule has 0 aliphatic heterocycles. The predicted molar refractivity (Wildman–Crippen MR) is 63.1 cm³/mol. The predicted octanol–water partition coefficient (Wildman–Crippen LogP) is 1.63. The minimum absolute atomic E-state index is 0.417. The van der Waals surface area contributed by atoms with Gasteiger partial charge in [0.05, 0.1) is 6.54 Å². The number of benzene rings is 1. The van der Waals surface area contributed by atoms with Crippen molar-refractivity contribution in [1.29, 1.82) is 0 Å². The van der Waals surface area contributed by atoms with E-state index in [2.05, 4.69) is 10.2 Å². The Morgan fingerprint density at radius 2 is 2.00 bits per heavy atom. The van der Waals surface area contributed by atoms with Crippen molar-refractivity contribution in [3.8, 4) is 0 Å². The summed E-state index contributed by atoms with van der Waals surface area (Å²) in [6, 6.07) is 7.84. The molecule has 0 amide bonds. The van der Waals surface area contributed by atoms with Gasteiger partial charge in [-0.2, -0.15) is 0 Å². The van der Waals surface area contributed by atoms with Crippen LogP contribution >= 0.6 is 11.6 Å². The van der Waals surface area contributed by atoms with Gasteiger partial charge in [-0.1, -0.05) is 23.7 Å². The Kier molecular flexibility index (Phi) is 3.54. The van der Waals surface area contributed by atoms with Gasteiger partial charge in [-0.3, -0.25) is 0 Å². The molecular formula is C11H13ClN4. The van der Waals surface area contributed by atoms with Gasteiger partial charge in [-0.15, -0.1) is 10.2 Å². The molecule has 0 aliphatic carbocycles. The highest BCUT2D eigenvalue weighted by Crippen LogP contribution is 2.10. The number of rotatable bonds is 4. The van der Waals surface area contributed by atoms with Gasteiger partial charge < -0.3 is 10.3 Å². The van der Waals surface area contributed by atoms with E-state index in [1.165, 1.54) is 5.56 Å². The minimum Gasteiger partial charge on any atom is -0.324 e. The minimum atomic E-state index is 0.417. The number of aryl methyl sites for hydroxylation is 2. The van der Waals surface area contributed by atoms with E-state index in [-0.39, 0.29) is 0 Å². The number of halogens is 1. The van der Waals surface area contributed by atoms with Crippen LogP contribution in [0.1, 0.15) is 11.4 Å². The summed E-state index contributed by atoms with van der Waals surface area (Å²) in [5, 5.41) is 8.52. The standard InChI is InChI=1S/C11H13ClN4/c12-10-3-1-9(2-4-10)5-6-16-8-14-15-11(16)7-13/h1-4,8H,5-7,13H2. The van der Waals surface area contributed by atoms with Gasteiger partial charge in [0.25, 0.3) is 0 Å². The maximum atomic E-state index is 5.82. The lowest BCUT2D eigenvalue weighted by molar-refractivity contribution is 0.651. The molecule has 1 heterocycles. The van der Waals surface area contributed by atoms with E-state index in [0.717, 1.165) is 23.8 Å². The second-order valence-electron chi connectivity index (χ2n) is 3.52. The Balaban J connectivity index is 1.99. The highest BCUT2D eigenvalue weighted by atomic mass is 35.5. The molecule has 0 spiro atoms. The smallest absolute Gasteiger partial charge is 0.146 e. The van der Waals surface area contributed by atoms with Crippen LogP contribution in [0.2, 0.25) is 5.02 Å². The molecule has 84 valence electrons. The largest absolute Gasteiger partial charge is 0.324 e. The maximum Gasteiger partial charge on any atom is 0.146 e. The Morgan fingerprint density at radius 3 is 2.69 bits per heavy atom. The Morgan fingerprint density at radius 1 is 1.25 bits per heavy atom. The van der Waals surface area contributed by atoms with Gasteiger partial charge in [-0.05, 0) is 24.1 Å². The quantitative estimate of drug-likeness (QED) is 0.878. The van der Waals surface area contributed by atoms with Crippen LogP contribution in [0.15, 0.2) is 30.6 Å². The molecule has 0 unspecified atom stereocenters. The fourth-order valence-corrected chi connectivity index (χ4v) is 1.65. The summed E-state index contributed by atoms with van der Waals surface area (Å²) in [4.78, 5) is 0. The third kappa shape index (κ3) is 2.59. The molecule has 2 rings (SSSR count). The molecule has 1 aromatic heterocycles. The van der Waals surface area contributed by atoms with Crippen LogP contribution in [0.4, 0.5) is 0 Å². The first-order chi connectivity index (χ1) is 7.79. The summed E-state index contributed by atoms with van der Waals surface area (Å²) in [5.41, 5.74) is 6.78. The maximum absolute atomic E-state index is 5.82. The highest BCUT2D eigenvalue weighted by molar-refractivity contribution is 6.30. The summed E-state index contributed by atoms with van der Waals surface area (Å²) >= 11 is 5.82. The summed E-state index contributed by atoms with van der Waals surface area (Å²) in [6.45, 7) is 1.25. The number of aromatic nitrogens is 3. The summed E-state index contributed by atoms with van der Waals surface area (Å²) in [7, 11) is 0. The number of hydrogen-bond acceptors (Lipinski definition) is 3. The van der Waals surface area contributed by atoms with Crippen LogP contribution in [-0.2, 0) is 19.5 Å². The van der Waals surface area contributed by atoms with Gasteiger partial charge in [-0.25, -0.2) is 0 Å². The molecule has 0 saturated heterocycles. The second-order valence-corrected chi connectivity index (χ2v) is 3.96. The number of hydrogen-bond donors (Lipinski definition) is 1. The zero-order valence-electron chi connectivity index (χ0n) is 8.81. The fourth-order valence-electron chi connectivity index (χ4n) is 1.52. The topological polar surface area (TPSA) is 56.7 Å². The summed E-state index contributed by atoms with van der Waals surface area (Å²) in [5.74, 6) is 0.814. The van der Waals surface area contributed by atoms with Crippen molar-refractivity contribution < 1.29 is 0 Å². The molecule has 0 fully saturated rings. The van der Waals surface area contributed by atoms with E-state index >= 15 is 0 Å². The molecule has 5 heteroatoms. The molecule has 1 aromatic carbocycles. The van der Waals surface area contributed by atoms with Crippen molar-refractivity contribution in [1.82, 2.24) is 14.8 Å². The molecule has 0 bridgehead atoms. The first-order valence-corrected chi connectivity index (χ1v) is 5.48. The lowest BCUT2D eigenvalue weighted by Gasteiger charge is -2.05. The van der Waals surface area contributed by atoms with Gasteiger partial charge >= 0.3 is 0 Å². The van der Waals surface area contributed by atoms with Crippen LogP contribution in [-0.4, -0.2) is 14.8 Å². The number of nitrogens with two attached hydrogens (primary N) is 1. The van der Waals surface area contributed by atoms with E-state index < -0.39 is 0 Å². The molecule has 16 heavy (non-hydrogen) atoms. The van der Waals surface area contributed by atoms with E-state index in [0.29, 0.717) is 6.54 Å². The molecule has 0 radical (unpaired) electrons. The van der Waals surface area contributed by atoms with Crippen molar-refractivity contribution in [3.05, 3.63) is 47.0 Å². The fraction of sp³-hybridized carbons (Fsp3) is 0.273. The van der Waals surface area contributed by atoms with Crippen molar-refractivity contribution in [3.63, 3.8) is 0 Å². The van der Waals surface area contributed by atoms with Crippen molar-refractivity contribution in [2.24, 2.45) is 5.73 Å². The third-order valence-electron chi connectivity index (χ3n) is 2.43. The first-order valence-electron chi connectivity index (χ1n) is 5.11. The molecule has 2 N–H and O–H groups in total. The molecule has 0 saturated carbocycles. The van der Waals surface area contributed by atoms with Gasteiger partial charge in [0, 0.05) is 11.6 Å². The third-order valence-corrected chi connectivity index (χ3v) is 2.68. The summed E-state index contributed by atoms with van der Waals surface area (Å²) in [6.07, 6.45) is 2.63. The van der Waals surface area contributed by atoms with Gasteiger partial charge in [0.1, 0.15) is 12.2 Å². The van der Waals surface area contributed by atoms with E-state index in [1.807, 2.05) is 28.8 Å². The van der Waals surface area contributed by atoms with Crippen molar-refractivity contribution in [2.45, 2.75) is 19.5 Å². The van der Waals surface area contributed by atoms with Gasteiger partial charge in [0.2, 0.25) is 0 Å². The summed E-state index contributed by atoms with van der Waals surface area (Å²) < 4.78 is 1.97. The Labute approximate surface area is 99.1 Å². The highest BCUT2D eigenvalue weighted by Gasteiger charge is 2.01. The van der Waals surface area contributed by atoms with Crippen LogP contribution in [0.5, 0.6) is 0 Å². The molecule has 2 aromatic rings. The Hall–Kier alpha value is -1.39. The Bertz CT molecular complexity index is 449. The molecule has 4 nitrogen and oxygen atoms in total. The molecular weight excluding hydrogens is 224 g/mol. The number of nitrogens with zero attached hydrogens (tertiary/aromatic N) is 3. The van der Waals surface area contributed by atoms with Crippen LogP contribution < -0.4 is 5.73 Å². The van der Waals surface area contributed by atoms with Crippen LogP contribution in [0, 0.1) is 0 Å². The second kappa shape index (κ2) is 5.09. The first kappa shape index (κ1) is 11.1. The molecule has 0 aliphatic rings. The van der Waals surface area contributed by atoms with E-state index in [4.69, 9.17) is 17.3 Å². The van der Waals surface area contributed by atoms with E-state index in [9.17, 15) is 0 Å². The normalized spacial score (nSPS) is 10.6. The zero-order chi connectivity index (χ0) is 11.4. The van der Waals surface area contributed by atoms with Crippen LogP contribution in [0.3, 0.4) is 0 Å². The van der Waals surface area contributed by atoms with Gasteiger partial charge in [0.15, 0.2) is 0 Å².